The Hall–Kier alpha value is -2.82. The van der Waals surface area contributed by atoms with E-state index < -0.39 is 6.03 Å². The summed E-state index contributed by atoms with van der Waals surface area (Å²) in [6.07, 6.45) is 2.28. The Balaban J connectivity index is 1.71. The highest BCUT2D eigenvalue weighted by atomic mass is 16.2. The van der Waals surface area contributed by atoms with Gasteiger partial charge in [0.15, 0.2) is 0 Å². The fourth-order valence-electron chi connectivity index (χ4n) is 2.64. The van der Waals surface area contributed by atoms with Crippen LogP contribution in [-0.4, -0.2) is 11.9 Å². The zero-order chi connectivity index (χ0) is 16.2. The number of hydrogen-bond donors (Lipinski definition) is 3. The number of primary amides is 1. The SMILES string of the molecule is NC(=O)Nc1ccc(C(=O)N[C@@H](c2ccccc2)C2CC2)cc1. The molecule has 5 heteroatoms. The molecule has 0 heterocycles. The van der Waals surface area contributed by atoms with Gasteiger partial charge in [0.25, 0.3) is 5.91 Å². The third kappa shape index (κ3) is 3.88. The number of amides is 3. The quantitative estimate of drug-likeness (QED) is 0.793. The third-order valence-corrected chi connectivity index (χ3v) is 3.95. The summed E-state index contributed by atoms with van der Waals surface area (Å²) in [5.74, 6) is 0.397. The van der Waals surface area contributed by atoms with Gasteiger partial charge in [-0.15, -0.1) is 0 Å². The van der Waals surface area contributed by atoms with E-state index in [0.717, 1.165) is 18.4 Å². The molecule has 0 radical (unpaired) electrons. The molecule has 0 bridgehead atoms. The Kier molecular flexibility index (Phi) is 4.28. The highest BCUT2D eigenvalue weighted by Gasteiger charge is 2.33. The zero-order valence-electron chi connectivity index (χ0n) is 12.7. The van der Waals surface area contributed by atoms with Crippen LogP contribution in [0.5, 0.6) is 0 Å². The van der Waals surface area contributed by atoms with Gasteiger partial charge >= 0.3 is 6.03 Å². The third-order valence-electron chi connectivity index (χ3n) is 3.95. The minimum Gasteiger partial charge on any atom is -0.351 e. The molecule has 2 aromatic carbocycles. The predicted molar refractivity (Wildman–Crippen MR) is 89.0 cm³/mol. The first-order chi connectivity index (χ1) is 11.1. The lowest BCUT2D eigenvalue weighted by Gasteiger charge is -2.19. The Morgan fingerprint density at radius 1 is 1.00 bits per heavy atom. The molecule has 2 aromatic rings. The second kappa shape index (κ2) is 6.52. The van der Waals surface area contributed by atoms with E-state index in [1.165, 1.54) is 0 Å². The summed E-state index contributed by atoms with van der Waals surface area (Å²) in [7, 11) is 0. The average molecular weight is 309 g/mol. The molecule has 3 amide bonds. The van der Waals surface area contributed by atoms with Crippen molar-refractivity contribution >= 4 is 17.6 Å². The summed E-state index contributed by atoms with van der Waals surface area (Å²) in [6.45, 7) is 0. The predicted octanol–water partition coefficient (Wildman–Crippen LogP) is 3.06. The zero-order valence-corrected chi connectivity index (χ0v) is 12.7. The van der Waals surface area contributed by atoms with Gasteiger partial charge in [-0.05, 0) is 48.6 Å². The fourth-order valence-corrected chi connectivity index (χ4v) is 2.64. The van der Waals surface area contributed by atoms with Gasteiger partial charge in [0.1, 0.15) is 0 Å². The summed E-state index contributed by atoms with van der Waals surface area (Å²) in [5.41, 5.74) is 7.32. The second-order valence-corrected chi connectivity index (χ2v) is 5.77. The van der Waals surface area contributed by atoms with E-state index in [-0.39, 0.29) is 11.9 Å². The standard InChI is InChI=1S/C18H19N3O2/c19-18(23)20-15-10-8-14(9-11-15)17(22)21-16(13-6-7-13)12-4-2-1-3-5-12/h1-5,8-11,13,16H,6-7H2,(H,21,22)(H3,19,20,23)/t16-/m0/s1. The molecule has 5 nitrogen and oxygen atoms in total. The first-order valence-corrected chi connectivity index (χ1v) is 7.66. The minimum atomic E-state index is -0.625. The number of rotatable bonds is 5. The van der Waals surface area contributed by atoms with Crippen LogP contribution in [0, 0.1) is 5.92 Å². The molecular weight excluding hydrogens is 290 g/mol. The second-order valence-electron chi connectivity index (χ2n) is 5.77. The topological polar surface area (TPSA) is 84.2 Å². The first kappa shape index (κ1) is 15.1. The fraction of sp³-hybridized carbons (Fsp3) is 0.222. The van der Waals surface area contributed by atoms with Gasteiger partial charge in [0.2, 0.25) is 0 Å². The van der Waals surface area contributed by atoms with Gasteiger partial charge < -0.3 is 16.4 Å². The number of anilines is 1. The molecule has 0 saturated heterocycles. The van der Waals surface area contributed by atoms with E-state index in [1.54, 1.807) is 24.3 Å². The maximum atomic E-state index is 12.5. The van der Waals surface area contributed by atoms with Crippen LogP contribution < -0.4 is 16.4 Å². The van der Waals surface area contributed by atoms with Crippen molar-refractivity contribution in [1.29, 1.82) is 0 Å². The van der Waals surface area contributed by atoms with E-state index in [0.29, 0.717) is 17.2 Å². The monoisotopic (exact) mass is 309 g/mol. The molecular formula is C18H19N3O2. The van der Waals surface area contributed by atoms with Gasteiger partial charge in [0.05, 0.1) is 6.04 Å². The number of nitrogens with two attached hydrogens (primary N) is 1. The summed E-state index contributed by atoms with van der Waals surface area (Å²) in [5, 5.41) is 5.59. The van der Waals surface area contributed by atoms with Crippen molar-refractivity contribution in [3.8, 4) is 0 Å². The van der Waals surface area contributed by atoms with Crippen LogP contribution in [0.4, 0.5) is 10.5 Å². The Morgan fingerprint density at radius 2 is 1.65 bits per heavy atom. The summed E-state index contributed by atoms with van der Waals surface area (Å²) >= 11 is 0. The molecule has 1 atom stereocenters. The smallest absolute Gasteiger partial charge is 0.316 e. The Morgan fingerprint density at radius 3 is 2.22 bits per heavy atom. The number of benzene rings is 2. The lowest BCUT2D eigenvalue weighted by molar-refractivity contribution is 0.0931. The molecule has 0 aromatic heterocycles. The molecule has 0 aliphatic heterocycles. The molecule has 0 unspecified atom stereocenters. The van der Waals surface area contributed by atoms with Gasteiger partial charge in [-0.2, -0.15) is 0 Å². The van der Waals surface area contributed by atoms with Gasteiger partial charge in [0, 0.05) is 11.3 Å². The van der Waals surface area contributed by atoms with Gasteiger partial charge in [-0.3, -0.25) is 4.79 Å². The maximum Gasteiger partial charge on any atom is 0.316 e. The molecule has 1 fully saturated rings. The average Bonchev–Trinajstić information content (AvgIpc) is 3.38. The lowest BCUT2D eigenvalue weighted by Crippen LogP contribution is -2.29. The van der Waals surface area contributed by atoms with E-state index >= 15 is 0 Å². The van der Waals surface area contributed by atoms with E-state index in [1.807, 2.05) is 30.3 Å². The minimum absolute atomic E-state index is 0.0483. The number of carbonyl (C=O) groups is 2. The van der Waals surface area contributed by atoms with Crippen molar-refractivity contribution < 1.29 is 9.59 Å². The molecule has 1 aliphatic rings. The Labute approximate surface area is 134 Å². The normalized spacial score (nSPS) is 14.8. The molecule has 1 saturated carbocycles. The summed E-state index contributed by atoms with van der Waals surface area (Å²) in [6, 6.07) is 16.1. The number of carbonyl (C=O) groups excluding carboxylic acids is 2. The van der Waals surface area contributed by atoms with Gasteiger partial charge in [-0.25, -0.2) is 4.79 Å². The van der Waals surface area contributed by atoms with Crippen LogP contribution in [0.1, 0.15) is 34.8 Å². The van der Waals surface area contributed by atoms with Crippen LogP contribution in [0.25, 0.3) is 0 Å². The van der Waals surface area contributed by atoms with Crippen LogP contribution in [0.2, 0.25) is 0 Å². The Bertz CT molecular complexity index is 694. The van der Waals surface area contributed by atoms with E-state index in [2.05, 4.69) is 10.6 Å². The highest BCUT2D eigenvalue weighted by Crippen LogP contribution is 2.41. The molecule has 0 spiro atoms. The number of hydrogen-bond acceptors (Lipinski definition) is 2. The summed E-state index contributed by atoms with van der Waals surface area (Å²) < 4.78 is 0. The molecule has 23 heavy (non-hydrogen) atoms. The van der Waals surface area contributed by atoms with Crippen LogP contribution in [0.3, 0.4) is 0 Å². The number of urea groups is 1. The van der Waals surface area contributed by atoms with Crippen LogP contribution in [-0.2, 0) is 0 Å². The number of nitrogens with one attached hydrogen (secondary N) is 2. The molecule has 4 N–H and O–H groups in total. The van der Waals surface area contributed by atoms with Crippen LogP contribution >= 0.6 is 0 Å². The van der Waals surface area contributed by atoms with Crippen molar-refractivity contribution in [2.75, 3.05) is 5.32 Å². The molecule has 118 valence electrons. The van der Waals surface area contributed by atoms with Crippen molar-refractivity contribution in [2.24, 2.45) is 11.7 Å². The van der Waals surface area contributed by atoms with Crippen molar-refractivity contribution in [3.63, 3.8) is 0 Å². The molecule has 3 rings (SSSR count). The van der Waals surface area contributed by atoms with Gasteiger partial charge in [-0.1, -0.05) is 30.3 Å². The first-order valence-electron chi connectivity index (χ1n) is 7.66. The van der Waals surface area contributed by atoms with Crippen molar-refractivity contribution in [1.82, 2.24) is 5.32 Å². The largest absolute Gasteiger partial charge is 0.351 e. The van der Waals surface area contributed by atoms with Crippen molar-refractivity contribution in [2.45, 2.75) is 18.9 Å². The highest BCUT2D eigenvalue weighted by molar-refractivity contribution is 5.95. The summed E-state index contributed by atoms with van der Waals surface area (Å²) in [4.78, 5) is 23.3. The lowest BCUT2D eigenvalue weighted by atomic mass is 10.0. The van der Waals surface area contributed by atoms with Crippen molar-refractivity contribution in [3.05, 3.63) is 65.7 Å². The van der Waals surface area contributed by atoms with E-state index in [4.69, 9.17) is 5.73 Å². The van der Waals surface area contributed by atoms with E-state index in [9.17, 15) is 9.59 Å². The maximum absolute atomic E-state index is 12.5. The molecule has 1 aliphatic carbocycles. The van der Waals surface area contributed by atoms with Crippen LogP contribution in [0.15, 0.2) is 54.6 Å².